The molecule has 0 radical (unpaired) electrons. The molecular formula is C23H28N4O2. The summed E-state index contributed by atoms with van der Waals surface area (Å²) in [6.07, 6.45) is 3.02. The molecule has 1 aliphatic carbocycles. The first kappa shape index (κ1) is 20.6. The molecule has 1 saturated carbocycles. The van der Waals surface area contributed by atoms with Crippen LogP contribution in [0.5, 0.6) is 0 Å². The molecule has 0 spiro atoms. The minimum Gasteiger partial charge on any atom is -0.384 e. The normalized spacial score (nSPS) is 21.2. The van der Waals surface area contributed by atoms with Crippen molar-refractivity contribution in [1.29, 1.82) is 5.41 Å². The van der Waals surface area contributed by atoms with Crippen molar-refractivity contribution < 1.29 is 9.59 Å². The summed E-state index contributed by atoms with van der Waals surface area (Å²) in [7, 11) is 0. The van der Waals surface area contributed by atoms with E-state index in [1.807, 2.05) is 6.07 Å². The molecule has 152 valence electrons. The van der Waals surface area contributed by atoms with Crippen LogP contribution >= 0.6 is 0 Å². The first-order valence-electron chi connectivity index (χ1n) is 10.0. The van der Waals surface area contributed by atoms with Crippen LogP contribution in [0.1, 0.15) is 53.6 Å². The van der Waals surface area contributed by atoms with Gasteiger partial charge in [-0.05, 0) is 48.8 Å². The standard InChI is InChI=1S/C23H28N4O2/c1-15-12-17(16-6-3-2-4-7-16)10-11-20(15)27-21(28)14-26-23(29)19-9-5-8-18(13-19)22(24)25/h2-9,13,15,17,20H,10-12,14H2,1H3,(H3,24,25)(H,26,29)(H,27,28). The van der Waals surface area contributed by atoms with Gasteiger partial charge in [-0.15, -0.1) is 0 Å². The predicted octanol–water partition coefficient (Wildman–Crippen LogP) is 2.79. The number of benzene rings is 2. The summed E-state index contributed by atoms with van der Waals surface area (Å²) in [5, 5.41) is 13.2. The number of hydrogen-bond acceptors (Lipinski definition) is 3. The molecule has 2 amide bonds. The lowest BCUT2D eigenvalue weighted by Gasteiger charge is -2.35. The van der Waals surface area contributed by atoms with E-state index in [1.165, 1.54) is 5.56 Å². The molecular weight excluding hydrogens is 364 g/mol. The number of nitrogen functional groups attached to an aromatic ring is 1. The Labute approximate surface area is 171 Å². The summed E-state index contributed by atoms with van der Waals surface area (Å²) >= 11 is 0. The summed E-state index contributed by atoms with van der Waals surface area (Å²) in [4.78, 5) is 24.6. The third-order valence-electron chi connectivity index (χ3n) is 5.63. The zero-order valence-electron chi connectivity index (χ0n) is 16.7. The fourth-order valence-corrected chi connectivity index (χ4v) is 3.99. The van der Waals surface area contributed by atoms with Gasteiger partial charge in [0.1, 0.15) is 5.84 Å². The lowest BCUT2D eigenvalue weighted by Crippen LogP contribution is -2.46. The Kier molecular flexibility index (Phi) is 6.65. The van der Waals surface area contributed by atoms with Crippen LogP contribution in [0.15, 0.2) is 54.6 Å². The number of amides is 2. The summed E-state index contributed by atoms with van der Waals surface area (Å²) < 4.78 is 0. The van der Waals surface area contributed by atoms with E-state index in [9.17, 15) is 9.59 Å². The smallest absolute Gasteiger partial charge is 0.251 e. The van der Waals surface area contributed by atoms with Gasteiger partial charge in [-0.25, -0.2) is 0 Å². The van der Waals surface area contributed by atoms with Gasteiger partial charge < -0.3 is 16.4 Å². The van der Waals surface area contributed by atoms with Crippen molar-refractivity contribution in [2.45, 2.75) is 38.1 Å². The van der Waals surface area contributed by atoms with Gasteiger partial charge in [-0.1, -0.05) is 49.4 Å². The monoisotopic (exact) mass is 392 g/mol. The molecule has 0 saturated heterocycles. The molecule has 2 aromatic carbocycles. The zero-order valence-corrected chi connectivity index (χ0v) is 16.7. The van der Waals surface area contributed by atoms with Crippen LogP contribution in [-0.4, -0.2) is 30.2 Å². The topological polar surface area (TPSA) is 108 Å². The molecule has 5 N–H and O–H groups in total. The molecule has 3 atom stereocenters. The Morgan fingerprint density at radius 2 is 1.79 bits per heavy atom. The van der Waals surface area contributed by atoms with Gasteiger partial charge in [0.2, 0.25) is 5.91 Å². The van der Waals surface area contributed by atoms with Crippen molar-refractivity contribution in [3.63, 3.8) is 0 Å². The minimum atomic E-state index is -0.357. The average molecular weight is 393 g/mol. The number of carbonyl (C=O) groups excluding carboxylic acids is 2. The Morgan fingerprint density at radius 3 is 2.48 bits per heavy atom. The molecule has 0 aliphatic heterocycles. The maximum Gasteiger partial charge on any atom is 0.251 e. The molecule has 29 heavy (non-hydrogen) atoms. The highest BCUT2D eigenvalue weighted by Crippen LogP contribution is 2.36. The number of carbonyl (C=O) groups is 2. The second-order valence-corrected chi connectivity index (χ2v) is 7.75. The summed E-state index contributed by atoms with van der Waals surface area (Å²) in [5.74, 6) is 0.270. The van der Waals surface area contributed by atoms with Crippen LogP contribution < -0.4 is 16.4 Å². The highest BCUT2D eigenvalue weighted by Gasteiger charge is 2.29. The lowest BCUT2D eigenvalue weighted by atomic mass is 9.76. The van der Waals surface area contributed by atoms with Crippen molar-refractivity contribution in [3.05, 3.63) is 71.3 Å². The van der Waals surface area contributed by atoms with Crippen LogP contribution in [0.3, 0.4) is 0 Å². The van der Waals surface area contributed by atoms with Gasteiger partial charge in [-0.2, -0.15) is 0 Å². The molecule has 6 heteroatoms. The third-order valence-corrected chi connectivity index (χ3v) is 5.63. The van der Waals surface area contributed by atoms with Crippen LogP contribution in [0.2, 0.25) is 0 Å². The van der Waals surface area contributed by atoms with E-state index in [-0.39, 0.29) is 30.2 Å². The third kappa shape index (κ3) is 5.44. The first-order valence-corrected chi connectivity index (χ1v) is 10.0. The minimum absolute atomic E-state index is 0.0749. The Morgan fingerprint density at radius 1 is 1.07 bits per heavy atom. The molecule has 3 unspecified atom stereocenters. The van der Waals surface area contributed by atoms with Gasteiger partial charge in [0.05, 0.1) is 6.54 Å². The van der Waals surface area contributed by atoms with Crippen molar-refractivity contribution in [1.82, 2.24) is 10.6 Å². The maximum atomic E-state index is 12.3. The molecule has 6 nitrogen and oxygen atoms in total. The van der Waals surface area contributed by atoms with Crippen LogP contribution in [-0.2, 0) is 4.79 Å². The van der Waals surface area contributed by atoms with Crippen LogP contribution in [0, 0.1) is 11.3 Å². The van der Waals surface area contributed by atoms with Crippen LogP contribution in [0.4, 0.5) is 0 Å². The zero-order chi connectivity index (χ0) is 20.8. The highest BCUT2D eigenvalue weighted by atomic mass is 16.2. The van der Waals surface area contributed by atoms with E-state index >= 15 is 0 Å². The predicted molar refractivity (Wildman–Crippen MR) is 114 cm³/mol. The second kappa shape index (κ2) is 9.37. The largest absolute Gasteiger partial charge is 0.384 e. The molecule has 0 aromatic heterocycles. The van der Waals surface area contributed by atoms with E-state index in [1.54, 1.807) is 24.3 Å². The molecule has 0 heterocycles. The van der Waals surface area contributed by atoms with Gasteiger partial charge >= 0.3 is 0 Å². The average Bonchev–Trinajstić information content (AvgIpc) is 2.74. The van der Waals surface area contributed by atoms with E-state index in [0.29, 0.717) is 23.0 Å². The molecule has 0 bridgehead atoms. The van der Waals surface area contributed by atoms with E-state index in [4.69, 9.17) is 11.1 Å². The summed E-state index contributed by atoms with van der Waals surface area (Å²) in [5.41, 5.74) is 7.68. The lowest BCUT2D eigenvalue weighted by molar-refractivity contribution is -0.121. The van der Waals surface area contributed by atoms with Gasteiger partial charge in [0.15, 0.2) is 0 Å². The van der Waals surface area contributed by atoms with Gasteiger partial charge in [-0.3, -0.25) is 15.0 Å². The fourth-order valence-electron chi connectivity index (χ4n) is 3.99. The summed E-state index contributed by atoms with van der Waals surface area (Å²) in [6.45, 7) is 2.10. The Bertz CT molecular complexity index is 881. The SMILES string of the molecule is CC1CC(c2ccccc2)CCC1NC(=O)CNC(=O)c1cccc(C(=N)N)c1. The van der Waals surface area contributed by atoms with E-state index in [2.05, 4.69) is 41.8 Å². The Hall–Kier alpha value is -3.15. The van der Waals surface area contributed by atoms with E-state index < -0.39 is 0 Å². The number of rotatable bonds is 6. The van der Waals surface area contributed by atoms with Gasteiger partial charge in [0, 0.05) is 17.2 Å². The molecule has 2 aromatic rings. The quantitative estimate of drug-likeness (QED) is 0.448. The van der Waals surface area contributed by atoms with Gasteiger partial charge in [0.25, 0.3) is 5.91 Å². The number of nitrogens with one attached hydrogen (secondary N) is 3. The number of amidine groups is 1. The number of hydrogen-bond donors (Lipinski definition) is 4. The molecule has 3 rings (SSSR count). The number of nitrogens with two attached hydrogens (primary N) is 1. The molecule has 1 fully saturated rings. The highest BCUT2D eigenvalue weighted by molar-refractivity contribution is 6.00. The Balaban J connectivity index is 1.48. The van der Waals surface area contributed by atoms with E-state index in [0.717, 1.165) is 19.3 Å². The van der Waals surface area contributed by atoms with Crippen LogP contribution in [0.25, 0.3) is 0 Å². The van der Waals surface area contributed by atoms with Crippen molar-refractivity contribution >= 4 is 17.6 Å². The molecule has 1 aliphatic rings. The first-order chi connectivity index (χ1) is 13.9. The second-order valence-electron chi connectivity index (χ2n) is 7.75. The van der Waals surface area contributed by atoms with Crippen molar-refractivity contribution in [2.75, 3.05) is 6.54 Å². The maximum absolute atomic E-state index is 12.3. The summed E-state index contributed by atoms with van der Waals surface area (Å²) in [6, 6.07) is 17.2. The fraction of sp³-hybridized carbons (Fsp3) is 0.348. The van der Waals surface area contributed by atoms with Crippen molar-refractivity contribution in [3.8, 4) is 0 Å². The van der Waals surface area contributed by atoms with Crippen molar-refractivity contribution in [2.24, 2.45) is 11.7 Å².